The second-order valence-electron chi connectivity index (χ2n) is 11.7. The lowest BCUT2D eigenvalue weighted by atomic mass is 10.1. The summed E-state index contributed by atoms with van der Waals surface area (Å²) in [5.74, 6) is -6.33. The quantitative estimate of drug-likeness (QED) is 0.305. The van der Waals surface area contributed by atoms with Gasteiger partial charge in [-0.05, 0) is 33.6 Å². The summed E-state index contributed by atoms with van der Waals surface area (Å²) in [5.41, 5.74) is 0.440. The van der Waals surface area contributed by atoms with Crippen LogP contribution in [0, 0.1) is 6.92 Å². The molecule has 0 unspecified atom stereocenters. The van der Waals surface area contributed by atoms with Gasteiger partial charge in [0.15, 0.2) is 11.4 Å². The number of aryl methyl sites for hydroxylation is 1. The van der Waals surface area contributed by atoms with Gasteiger partial charge in [0.2, 0.25) is 17.6 Å². The molecule has 0 bridgehead atoms. The topological polar surface area (TPSA) is 154 Å². The van der Waals surface area contributed by atoms with Crippen LogP contribution in [0.15, 0.2) is 22.4 Å². The van der Waals surface area contributed by atoms with Crippen molar-refractivity contribution in [3.05, 3.63) is 45.0 Å². The predicted octanol–water partition coefficient (Wildman–Crippen LogP) is 2.67. The third kappa shape index (κ3) is 7.18. The lowest BCUT2D eigenvalue weighted by Crippen LogP contribution is -2.51. The molecule has 3 aromatic heterocycles. The van der Waals surface area contributed by atoms with E-state index < -0.39 is 48.9 Å². The SMILES string of the molecule is CCc1c(N2CCN(C(=O)c3ncnc(C)c3O)CC2)c(=O)n2nc(N(C)C)nc2n1CC(=O)NC(CCC(F)(F)C(F)(F)F)=C(C)C. The number of aromatic nitrogens is 6. The van der Waals surface area contributed by atoms with Gasteiger partial charge >= 0.3 is 12.1 Å². The first kappa shape index (κ1) is 36.0. The van der Waals surface area contributed by atoms with Gasteiger partial charge in [-0.3, -0.25) is 14.4 Å². The highest BCUT2D eigenvalue weighted by Gasteiger charge is 2.56. The fourth-order valence-electron chi connectivity index (χ4n) is 5.23. The molecule has 1 fully saturated rings. The number of anilines is 2. The standard InChI is InChI=1S/C29H37F5N10O4/c1-7-19-22(41-10-12-42(13-11-41)24(47)21-23(46)17(4)35-15-36-21)25(48)44-27(38-26(39-44)40(5)6)43(19)14-20(45)37-18(16(2)3)8-9-28(30,31)29(32,33)34/h15,46H,7-14H2,1-6H3,(H,37,45). The van der Waals surface area contributed by atoms with Crippen molar-refractivity contribution in [2.45, 2.75) is 65.6 Å². The molecule has 262 valence electrons. The second-order valence-corrected chi connectivity index (χ2v) is 11.7. The average Bonchev–Trinajstić information content (AvgIpc) is 3.47. The molecule has 3 aromatic rings. The Kier molecular flexibility index (Phi) is 10.3. The number of halogens is 5. The number of carbonyl (C=O) groups is 2. The lowest BCUT2D eigenvalue weighted by Gasteiger charge is -2.36. The Morgan fingerprint density at radius 1 is 1.06 bits per heavy atom. The Morgan fingerprint density at radius 3 is 2.27 bits per heavy atom. The van der Waals surface area contributed by atoms with Crippen LogP contribution in [-0.2, 0) is 17.8 Å². The van der Waals surface area contributed by atoms with E-state index in [0.717, 1.165) is 4.52 Å². The molecule has 4 heterocycles. The summed E-state index contributed by atoms with van der Waals surface area (Å²) >= 11 is 0. The zero-order chi connectivity index (χ0) is 35.7. The fourth-order valence-corrected chi connectivity index (χ4v) is 5.23. The number of alkyl halides is 5. The number of nitrogens with zero attached hydrogens (tertiary/aromatic N) is 9. The van der Waals surface area contributed by atoms with Gasteiger partial charge in [0.25, 0.3) is 11.5 Å². The van der Waals surface area contributed by atoms with Crippen LogP contribution in [0.3, 0.4) is 0 Å². The molecule has 19 heteroatoms. The normalized spacial score (nSPS) is 14.0. The Morgan fingerprint density at radius 2 is 1.71 bits per heavy atom. The molecule has 0 aliphatic carbocycles. The smallest absolute Gasteiger partial charge is 0.453 e. The van der Waals surface area contributed by atoms with Crippen LogP contribution in [0.5, 0.6) is 5.75 Å². The molecule has 48 heavy (non-hydrogen) atoms. The van der Waals surface area contributed by atoms with Crippen LogP contribution in [0.25, 0.3) is 5.78 Å². The van der Waals surface area contributed by atoms with E-state index in [-0.39, 0.29) is 72.8 Å². The molecule has 0 aromatic carbocycles. The number of hydrogen-bond acceptors (Lipinski definition) is 10. The van der Waals surface area contributed by atoms with E-state index in [1.54, 1.807) is 30.8 Å². The third-order valence-electron chi connectivity index (χ3n) is 7.94. The van der Waals surface area contributed by atoms with Crippen molar-refractivity contribution in [1.82, 2.24) is 39.3 Å². The van der Waals surface area contributed by atoms with Crippen LogP contribution in [-0.4, -0.2) is 103 Å². The maximum absolute atomic E-state index is 13.9. The zero-order valence-electron chi connectivity index (χ0n) is 27.3. The van der Waals surface area contributed by atoms with Gasteiger partial charge in [-0.25, -0.2) is 9.97 Å². The first-order valence-corrected chi connectivity index (χ1v) is 15.0. The van der Waals surface area contributed by atoms with Crippen LogP contribution in [0.2, 0.25) is 0 Å². The zero-order valence-corrected chi connectivity index (χ0v) is 27.3. The van der Waals surface area contributed by atoms with Crippen molar-refractivity contribution >= 4 is 29.2 Å². The van der Waals surface area contributed by atoms with Gasteiger partial charge in [0.1, 0.15) is 18.6 Å². The average molecular weight is 685 g/mol. The van der Waals surface area contributed by atoms with E-state index in [0.29, 0.717) is 11.3 Å². The third-order valence-corrected chi connectivity index (χ3v) is 7.94. The Labute approximate surface area is 271 Å². The van der Waals surface area contributed by atoms with E-state index in [9.17, 15) is 41.4 Å². The second kappa shape index (κ2) is 13.7. The molecule has 0 saturated carbocycles. The lowest BCUT2D eigenvalue weighted by molar-refractivity contribution is -0.284. The number of nitrogens with one attached hydrogen (secondary N) is 1. The van der Waals surface area contributed by atoms with E-state index in [2.05, 4.69) is 25.4 Å². The number of amides is 2. The minimum Gasteiger partial charge on any atom is -0.504 e. The van der Waals surface area contributed by atoms with Crippen molar-refractivity contribution in [1.29, 1.82) is 0 Å². The molecule has 1 saturated heterocycles. The van der Waals surface area contributed by atoms with Gasteiger partial charge in [-0.1, -0.05) is 12.5 Å². The highest BCUT2D eigenvalue weighted by molar-refractivity contribution is 5.95. The minimum atomic E-state index is -5.73. The van der Waals surface area contributed by atoms with Gasteiger partial charge in [-0.2, -0.15) is 31.5 Å². The summed E-state index contributed by atoms with van der Waals surface area (Å²) in [7, 11) is 3.31. The first-order valence-electron chi connectivity index (χ1n) is 15.0. The van der Waals surface area contributed by atoms with Gasteiger partial charge in [-0.15, -0.1) is 5.10 Å². The van der Waals surface area contributed by atoms with Crippen LogP contribution in [0.4, 0.5) is 33.6 Å². The van der Waals surface area contributed by atoms with Crippen molar-refractivity contribution in [2.24, 2.45) is 0 Å². The number of allylic oxidation sites excluding steroid dienone is 2. The van der Waals surface area contributed by atoms with E-state index >= 15 is 0 Å². The van der Waals surface area contributed by atoms with Gasteiger partial charge in [0.05, 0.1) is 11.4 Å². The fraction of sp³-hybridized carbons (Fsp3) is 0.552. The summed E-state index contributed by atoms with van der Waals surface area (Å²) in [6.07, 6.45) is -6.61. The minimum absolute atomic E-state index is 0.0187. The van der Waals surface area contributed by atoms with Crippen LogP contribution < -0.4 is 20.7 Å². The Hall–Kier alpha value is -4.84. The molecular formula is C29H37F5N10O4. The highest BCUT2D eigenvalue weighted by atomic mass is 19.4. The molecule has 1 aliphatic heterocycles. The van der Waals surface area contributed by atoms with E-state index in [1.165, 1.54) is 36.6 Å². The van der Waals surface area contributed by atoms with Crippen LogP contribution in [0.1, 0.15) is 55.5 Å². The largest absolute Gasteiger partial charge is 0.504 e. The van der Waals surface area contributed by atoms with Gasteiger partial charge < -0.3 is 29.7 Å². The molecule has 2 N–H and O–H groups in total. The molecule has 2 amide bonds. The van der Waals surface area contributed by atoms with Gasteiger partial charge in [0, 0.05) is 52.4 Å². The van der Waals surface area contributed by atoms with Crippen molar-refractivity contribution < 1.29 is 36.6 Å². The Bertz CT molecular complexity index is 1790. The first-order chi connectivity index (χ1) is 22.4. The van der Waals surface area contributed by atoms with Crippen LogP contribution >= 0.6 is 0 Å². The molecule has 14 nitrogen and oxygen atoms in total. The molecule has 0 atom stereocenters. The summed E-state index contributed by atoms with van der Waals surface area (Å²) in [6, 6.07) is 0. The number of piperazine rings is 1. The Balaban J connectivity index is 1.66. The monoisotopic (exact) mass is 684 g/mol. The maximum Gasteiger partial charge on any atom is 0.453 e. The summed E-state index contributed by atoms with van der Waals surface area (Å²) in [6.45, 7) is 6.50. The predicted molar refractivity (Wildman–Crippen MR) is 164 cm³/mol. The summed E-state index contributed by atoms with van der Waals surface area (Å²) in [4.78, 5) is 57.4. The van der Waals surface area contributed by atoms with E-state index in [4.69, 9.17) is 0 Å². The number of fused-ring (bicyclic) bond motifs is 1. The van der Waals surface area contributed by atoms with Crippen molar-refractivity contribution in [3.63, 3.8) is 0 Å². The highest BCUT2D eigenvalue weighted by Crippen LogP contribution is 2.39. The molecule has 0 spiro atoms. The molecule has 4 rings (SSSR count). The number of carbonyl (C=O) groups excluding carboxylic acids is 2. The van der Waals surface area contributed by atoms with E-state index in [1.807, 2.05) is 0 Å². The molecular weight excluding hydrogens is 647 g/mol. The molecule has 1 aliphatic rings. The summed E-state index contributed by atoms with van der Waals surface area (Å²) < 4.78 is 68.2. The van der Waals surface area contributed by atoms with Crippen molar-refractivity contribution in [3.8, 4) is 5.75 Å². The number of rotatable bonds is 10. The maximum atomic E-state index is 13.9. The molecule has 0 radical (unpaired) electrons. The van der Waals surface area contributed by atoms with Crippen molar-refractivity contribution in [2.75, 3.05) is 50.1 Å². The number of hydrogen-bond donors (Lipinski definition) is 2. The number of aromatic hydroxyl groups is 1. The summed E-state index contributed by atoms with van der Waals surface area (Å²) in [5, 5.41) is 17.1.